The quantitative estimate of drug-likeness (QED) is 0.444. The van der Waals surface area contributed by atoms with E-state index >= 15 is 0 Å². The molecule has 17 heavy (non-hydrogen) atoms. The molecule has 2 aromatic heterocycles. The predicted octanol–water partition coefficient (Wildman–Crippen LogP) is 4.13. The van der Waals surface area contributed by atoms with Gasteiger partial charge in [0.05, 0.1) is 0 Å². The average Bonchev–Trinajstić information content (AvgIpc) is 2.78. The van der Waals surface area contributed by atoms with Crippen LogP contribution in [0.2, 0.25) is 0 Å². The molecule has 80 valence electrons. The normalized spacial score (nSPS) is 11.5. The van der Waals surface area contributed by atoms with E-state index in [1.165, 1.54) is 5.39 Å². The maximum atomic E-state index is 5.85. The zero-order valence-corrected chi connectivity index (χ0v) is 9.05. The van der Waals surface area contributed by atoms with Gasteiger partial charge < -0.3 is 4.42 Å². The van der Waals surface area contributed by atoms with Crippen LogP contribution in [0.1, 0.15) is 0 Å². The summed E-state index contributed by atoms with van der Waals surface area (Å²) in [5.41, 5.74) is 1.63. The Bertz CT molecular complexity index is 845. The second-order valence-electron chi connectivity index (χ2n) is 4.12. The second-order valence-corrected chi connectivity index (χ2v) is 4.12. The van der Waals surface area contributed by atoms with Crippen LogP contribution in [0.5, 0.6) is 0 Å². The van der Waals surface area contributed by atoms with Gasteiger partial charge in [-0.1, -0.05) is 30.3 Å². The maximum Gasteiger partial charge on any atom is 0.227 e. The molecule has 0 saturated carbocycles. The number of furan rings is 1. The topological polar surface area (TPSA) is 26.0 Å². The van der Waals surface area contributed by atoms with Crippen molar-refractivity contribution in [2.45, 2.75) is 0 Å². The Kier molecular flexibility index (Phi) is 1.59. The highest BCUT2D eigenvalue weighted by atomic mass is 16.3. The summed E-state index contributed by atoms with van der Waals surface area (Å²) in [7, 11) is 0. The van der Waals surface area contributed by atoms with Crippen LogP contribution in [-0.4, -0.2) is 4.98 Å². The number of pyridine rings is 1. The zero-order valence-electron chi connectivity index (χ0n) is 9.05. The van der Waals surface area contributed by atoms with Gasteiger partial charge in [0.2, 0.25) is 5.71 Å². The van der Waals surface area contributed by atoms with E-state index in [9.17, 15) is 0 Å². The molecular weight excluding hydrogens is 210 g/mol. The largest absolute Gasteiger partial charge is 0.437 e. The molecule has 2 heteroatoms. The Morgan fingerprint density at radius 1 is 0.765 bits per heavy atom. The molecule has 0 aliphatic rings. The van der Waals surface area contributed by atoms with E-state index in [-0.39, 0.29) is 0 Å². The summed E-state index contributed by atoms with van der Waals surface area (Å²) in [6, 6.07) is 16.5. The van der Waals surface area contributed by atoms with Crippen LogP contribution in [0.4, 0.5) is 0 Å². The van der Waals surface area contributed by atoms with Gasteiger partial charge in [0.25, 0.3) is 0 Å². The molecule has 4 aromatic rings. The summed E-state index contributed by atoms with van der Waals surface area (Å²) in [6.45, 7) is 0. The van der Waals surface area contributed by atoms with Gasteiger partial charge in [0.1, 0.15) is 5.58 Å². The molecule has 4 rings (SSSR count). The standard InChI is InChI=1S/C15H9NO/c1-2-5-11-10(4-1)7-8-12-13-6-3-9-16-15(13)17-14(11)12/h1-9H. The fraction of sp³-hybridized carbons (Fsp3) is 0. The van der Waals surface area contributed by atoms with Gasteiger partial charge in [0, 0.05) is 22.4 Å². The average molecular weight is 219 g/mol. The first-order valence-electron chi connectivity index (χ1n) is 5.58. The fourth-order valence-corrected chi connectivity index (χ4v) is 2.34. The molecule has 0 aliphatic carbocycles. The third-order valence-corrected chi connectivity index (χ3v) is 3.14. The van der Waals surface area contributed by atoms with E-state index < -0.39 is 0 Å². The number of nitrogens with zero attached hydrogens (tertiary/aromatic N) is 1. The third kappa shape index (κ3) is 1.12. The van der Waals surface area contributed by atoms with E-state index in [1.807, 2.05) is 24.3 Å². The molecule has 2 heterocycles. The van der Waals surface area contributed by atoms with E-state index in [4.69, 9.17) is 4.42 Å². The van der Waals surface area contributed by atoms with Crippen LogP contribution in [0.15, 0.2) is 59.1 Å². The molecular formula is C15H9NO. The summed E-state index contributed by atoms with van der Waals surface area (Å²) in [6.07, 6.45) is 1.76. The van der Waals surface area contributed by atoms with Gasteiger partial charge in [-0.2, -0.15) is 0 Å². The molecule has 2 aromatic carbocycles. The first kappa shape index (κ1) is 8.76. The van der Waals surface area contributed by atoms with E-state index in [1.54, 1.807) is 6.20 Å². The Hall–Kier alpha value is -2.35. The molecule has 0 bridgehead atoms. The predicted molar refractivity (Wildman–Crippen MR) is 69.0 cm³/mol. The van der Waals surface area contributed by atoms with Crippen LogP contribution >= 0.6 is 0 Å². The summed E-state index contributed by atoms with van der Waals surface area (Å²) >= 11 is 0. The van der Waals surface area contributed by atoms with Crippen molar-refractivity contribution in [2.75, 3.05) is 0 Å². The number of aromatic nitrogens is 1. The van der Waals surface area contributed by atoms with Crippen molar-refractivity contribution in [1.29, 1.82) is 0 Å². The van der Waals surface area contributed by atoms with Crippen LogP contribution < -0.4 is 0 Å². The van der Waals surface area contributed by atoms with Crippen molar-refractivity contribution in [3.05, 3.63) is 54.7 Å². The first-order valence-corrected chi connectivity index (χ1v) is 5.58. The summed E-state index contributed by atoms with van der Waals surface area (Å²) in [5.74, 6) is 0. The van der Waals surface area contributed by atoms with E-state index in [0.717, 1.165) is 21.7 Å². The molecule has 0 spiro atoms. The van der Waals surface area contributed by atoms with Gasteiger partial charge in [-0.25, -0.2) is 4.98 Å². The lowest BCUT2D eigenvalue weighted by atomic mass is 10.1. The van der Waals surface area contributed by atoms with Gasteiger partial charge in [-0.3, -0.25) is 0 Å². The monoisotopic (exact) mass is 219 g/mol. The summed E-state index contributed by atoms with van der Waals surface area (Å²) in [5, 5.41) is 4.54. The van der Waals surface area contributed by atoms with E-state index in [2.05, 4.69) is 29.2 Å². The third-order valence-electron chi connectivity index (χ3n) is 3.14. The lowest BCUT2D eigenvalue weighted by molar-refractivity contribution is 0.657. The van der Waals surface area contributed by atoms with Crippen LogP contribution in [0.3, 0.4) is 0 Å². The Balaban J connectivity index is 2.34. The van der Waals surface area contributed by atoms with Crippen molar-refractivity contribution in [2.24, 2.45) is 0 Å². The summed E-state index contributed by atoms with van der Waals surface area (Å²) in [4.78, 5) is 4.26. The molecule has 0 atom stereocenters. The number of benzene rings is 2. The lowest BCUT2D eigenvalue weighted by Gasteiger charge is -1.96. The van der Waals surface area contributed by atoms with Crippen molar-refractivity contribution in [3.63, 3.8) is 0 Å². The SMILES string of the molecule is c1ccc2c(c1)ccc1c3cccnc3oc21. The van der Waals surface area contributed by atoms with Crippen LogP contribution in [-0.2, 0) is 0 Å². The Morgan fingerprint density at radius 2 is 1.65 bits per heavy atom. The van der Waals surface area contributed by atoms with Gasteiger partial charge in [-0.15, -0.1) is 0 Å². The minimum atomic E-state index is 0.707. The minimum absolute atomic E-state index is 0.707. The maximum absolute atomic E-state index is 5.85. The molecule has 0 amide bonds. The van der Waals surface area contributed by atoms with Gasteiger partial charge in [0.15, 0.2) is 0 Å². The fourth-order valence-electron chi connectivity index (χ4n) is 2.34. The molecule has 0 N–H and O–H groups in total. The Labute approximate surface area is 97.5 Å². The highest BCUT2D eigenvalue weighted by molar-refractivity contribution is 6.14. The Morgan fingerprint density at radius 3 is 2.65 bits per heavy atom. The number of fused-ring (bicyclic) bond motifs is 5. The number of hydrogen-bond acceptors (Lipinski definition) is 2. The van der Waals surface area contributed by atoms with Crippen LogP contribution in [0, 0.1) is 0 Å². The lowest BCUT2D eigenvalue weighted by Crippen LogP contribution is -1.72. The number of rotatable bonds is 0. The highest BCUT2D eigenvalue weighted by Crippen LogP contribution is 2.32. The van der Waals surface area contributed by atoms with Crippen molar-refractivity contribution in [3.8, 4) is 0 Å². The highest BCUT2D eigenvalue weighted by Gasteiger charge is 2.09. The molecule has 2 nitrogen and oxygen atoms in total. The molecule has 0 fully saturated rings. The van der Waals surface area contributed by atoms with Gasteiger partial charge in [-0.05, 0) is 23.6 Å². The van der Waals surface area contributed by atoms with E-state index in [0.29, 0.717) is 5.71 Å². The van der Waals surface area contributed by atoms with Gasteiger partial charge >= 0.3 is 0 Å². The van der Waals surface area contributed by atoms with Crippen LogP contribution in [0.25, 0.3) is 32.8 Å². The molecule has 0 saturated heterocycles. The zero-order chi connectivity index (χ0) is 11.2. The van der Waals surface area contributed by atoms with Crippen molar-refractivity contribution < 1.29 is 4.42 Å². The second kappa shape index (κ2) is 3.08. The molecule has 0 aliphatic heterocycles. The summed E-state index contributed by atoms with van der Waals surface area (Å²) < 4.78 is 5.85. The first-order chi connectivity index (χ1) is 8.43. The van der Waals surface area contributed by atoms with Crippen molar-refractivity contribution in [1.82, 2.24) is 4.98 Å². The van der Waals surface area contributed by atoms with Crippen molar-refractivity contribution >= 4 is 32.8 Å². The smallest absolute Gasteiger partial charge is 0.227 e. The molecule has 0 radical (unpaired) electrons. The minimum Gasteiger partial charge on any atom is -0.437 e. The number of hydrogen-bond donors (Lipinski definition) is 0. The molecule has 0 unspecified atom stereocenters.